The zero-order valence-electron chi connectivity index (χ0n) is 12.3. The topological polar surface area (TPSA) is 49.9 Å². The van der Waals surface area contributed by atoms with Gasteiger partial charge in [0.2, 0.25) is 5.91 Å². The summed E-state index contributed by atoms with van der Waals surface area (Å²) in [4.78, 5) is 27.6. The van der Waals surface area contributed by atoms with E-state index in [1.807, 2.05) is 32.0 Å². The van der Waals surface area contributed by atoms with Crippen LogP contribution in [-0.4, -0.2) is 42.5 Å². The van der Waals surface area contributed by atoms with Gasteiger partial charge in [-0.1, -0.05) is 12.1 Å². The Morgan fingerprint density at radius 2 is 2.05 bits per heavy atom. The minimum Gasteiger partial charge on any atom is -0.479 e. The summed E-state index contributed by atoms with van der Waals surface area (Å²) in [5.41, 5.74) is 0.654. The van der Waals surface area contributed by atoms with Gasteiger partial charge in [-0.3, -0.25) is 14.5 Å². The molecule has 1 aromatic carbocycles. The Balaban J connectivity index is 2.26. The van der Waals surface area contributed by atoms with Crippen molar-refractivity contribution in [1.82, 2.24) is 4.90 Å². The third-order valence-electron chi connectivity index (χ3n) is 3.53. The number of fused-ring (bicyclic) bond motifs is 1. The third-order valence-corrected chi connectivity index (χ3v) is 3.53. The molecule has 0 saturated heterocycles. The Labute approximate surface area is 119 Å². The minimum absolute atomic E-state index is 0.0399. The second-order valence-electron chi connectivity index (χ2n) is 5.25. The molecule has 1 aliphatic rings. The lowest BCUT2D eigenvalue weighted by atomic mass is 10.2. The van der Waals surface area contributed by atoms with E-state index in [0.717, 1.165) is 0 Å². The lowest BCUT2D eigenvalue weighted by Crippen LogP contribution is -2.49. The first-order chi connectivity index (χ1) is 9.41. The molecule has 0 saturated carbocycles. The summed E-state index contributed by atoms with van der Waals surface area (Å²) in [6.45, 7) is 5.62. The van der Waals surface area contributed by atoms with Crippen LogP contribution in [0.5, 0.6) is 5.75 Å². The molecule has 0 N–H and O–H groups in total. The molecule has 2 rings (SSSR count). The van der Waals surface area contributed by atoms with E-state index in [1.54, 1.807) is 24.9 Å². The standard InChI is InChI=1S/C15H20N2O3/c1-10(2)16(4)14(18)9-17-12-7-5-6-8-13(12)20-11(3)15(17)19/h5-8,10-11H,9H2,1-4H3/t11-/m0/s1. The smallest absolute Gasteiger partial charge is 0.268 e. The summed E-state index contributed by atoms with van der Waals surface area (Å²) in [5, 5.41) is 0. The van der Waals surface area contributed by atoms with Gasteiger partial charge in [0.05, 0.1) is 5.69 Å². The second kappa shape index (κ2) is 5.53. The van der Waals surface area contributed by atoms with Crippen LogP contribution in [-0.2, 0) is 9.59 Å². The van der Waals surface area contributed by atoms with Crippen LogP contribution >= 0.6 is 0 Å². The van der Waals surface area contributed by atoms with Crippen molar-refractivity contribution in [2.45, 2.75) is 32.9 Å². The van der Waals surface area contributed by atoms with Gasteiger partial charge >= 0.3 is 0 Å². The average Bonchev–Trinajstić information content (AvgIpc) is 2.42. The number of carbonyl (C=O) groups excluding carboxylic acids is 2. The van der Waals surface area contributed by atoms with Gasteiger partial charge in [0.1, 0.15) is 12.3 Å². The number of para-hydroxylation sites is 2. The van der Waals surface area contributed by atoms with Crippen LogP contribution in [0.2, 0.25) is 0 Å². The molecule has 1 aliphatic heterocycles. The number of rotatable bonds is 3. The number of amides is 2. The Morgan fingerprint density at radius 1 is 1.40 bits per heavy atom. The van der Waals surface area contributed by atoms with Crippen LogP contribution < -0.4 is 9.64 Å². The third kappa shape index (κ3) is 2.61. The molecular weight excluding hydrogens is 256 g/mol. The summed E-state index contributed by atoms with van der Waals surface area (Å²) in [6, 6.07) is 7.38. The number of nitrogens with zero attached hydrogens (tertiary/aromatic N) is 2. The molecule has 2 amide bonds. The van der Waals surface area contributed by atoms with Crippen LogP contribution in [0.4, 0.5) is 5.69 Å². The van der Waals surface area contributed by atoms with Gasteiger partial charge in [0, 0.05) is 13.1 Å². The summed E-state index contributed by atoms with van der Waals surface area (Å²) < 4.78 is 5.55. The molecule has 0 spiro atoms. The van der Waals surface area contributed by atoms with Crippen LogP contribution in [0.1, 0.15) is 20.8 Å². The lowest BCUT2D eigenvalue weighted by molar-refractivity contribution is -0.133. The minimum atomic E-state index is -0.568. The fourth-order valence-electron chi connectivity index (χ4n) is 2.06. The Kier molecular flexibility index (Phi) is 3.97. The molecule has 1 heterocycles. The molecule has 5 nitrogen and oxygen atoms in total. The fraction of sp³-hybridized carbons (Fsp3) is 0.467. The highest BCUT2D eigenvalue weighted by atomic mass is 16.5. The normalized spacial score (nSPS) is 17.8. The Bertz CT molecular complexity index is 528. The molecule has 0 bridgehead atoms. The van der Waals surface area contributed by atoms with Crippen molar-refractivity contribution in [3.05, 3.63) is 24.3 Å². The van der Waals surface area contributed by atoms with Crippen LogP contribution in [0.25, 0.3) is 0 Å². The molecule has 1 aromatic rings. The first-order valence-corrected chi connectivity index (χ1v) is 6.74. The summed E-state index contributed by atoms with van der Waals surface area (Å²) in [6.07, 6.45) is -0.568. The van der Waals surface area contributed by atoms with Gasteiger partial charge in [-0.25, -0.2) is 0 Å². The number of anilines is 1. The number of likely N-dealkylation sites (N-methyl/N-ethyl adjacent to an activating group) is 1. The Hall–Kier alpha value is -2.04. The summed E-state index contributed by atoms with van der Waals surface area (Å²) >= 11 is 0. The van der Waals surface area contributed by atoms with E-state index in [1.165, 1.54) is 4.90 Å². The highest BCUT2D eigenvalue weighted by Gasteiger charge is 2.33. The number of hydrogen-bond donors (Lipinski definition) is 0. The van der Waals surface area contributed by atoms with Crippen molar-refractivity contribution in [3.63, 3.8) is 0 Å². The first kappa shape index (κ1) is 14.4. The number of hydrogen-bond acceptors (Lipinski definition) is 3. The van der Waals surface area contributed by atoms with Gasteiger partial charge in [0.25, 0.3) is 5.91 Å². The van der Waals surface area contributed by atoms with E-state index in [2.05, 4.69) is 0 Å². The maximum absolute atomic E-state index is 12.2. The Morgan fingerprint density at radius 3 is 2.70 bits per heavy atom. The van der Waals surface area contributed by atoms with Crippen molar-refractivity contribution in [2.75, 3.05) is 18.5 Å². The molecule has 5 heteroatoms. The zero-order valence-corrected chi connectivity index (χ0v) is 12.3. The van der Waals surface area contributed by atoms with E-state index in [9.17, 15) is 9.59 Å². The molecule has 1 atom stereocenters. The van der Waals surface area contributed by atoms with Crippen molar-refractivity contribution in [1.29, 1.82) is 0 Å². The van der Waals surface area contributed by atoms with Crippen molar-refractivity contribution >= 4 is 17.5 Å². The van der Waals surface area contributed by atoms with E-state index in [4.69, 9.17) is 4.74 Å². The van der Waals surface area contributed by atoms with Crippen molar-refractivity contribution < 1.29 is 14.3 Å². The zero-order chi connectivity index (χ0) is 14.9. The highest BCUT2D eigenvalue weighted by Crippen LogP contribution is 2.33. The lowest BCUT2D eigenvalue weighted by Gasteiger charge is -2.34. The van der Waals surface area contributed by atoms with Crippen LogP contribution in [0.15, 0.2) is 24.3 Å². The molecule has 0 aromatic heterocycles. The first-order valence-electron chi connectivity index (χ1n) is 6.74. The molecular formula is C15H20N2O3. The van der Waals surface area contributed by atoms with Gasteiger partial charge in [-0.05, 0) is 32.9 Å². The van der Waals surface area contributed by atoms with Crippen molar-refractivity contribution in [3.8, 4) is 5.75 Å². The van der Waals surface area contributed by atoms with E-state index < -0.39 is 6.10 Å². The largest absolute Gasteiger partial charge is 0.479 e. The van der Waals surface area contributed by atoms with E-state index in [-0.39, 0.29) is 24.4 Å². The van der Waals surface area contributed by atoms with Gasteiger partial charge in [0.15, 0.2) is 6.10 Å². The molecule has 20 heavy (non-hydrogen) atoms. The van der Waals surface area contributed by atoms with E-state index >= 15 is 0 Å². The molecule has 0 aliphatic carbocycles. The quantitative estimate of drug-likeness (QED) is 0.843. The summed E-state index contributed by atoms with van der Waals surface area (Å²) in [7, 11) is 1.74. The van der Waals surface area contributed by atoms with Crippen LogP contribution in [0, 0.1) is 0 Å². The maximum atomic E-state index is 12.2. The number of ether oxygens (including phenoxy) is 1. The highest BCUT2D eigenvalue weighted by molar-refractivity contribution is 6.03. The average molecular weight is 276 g/mol. The maximum Gasteiger partial charge on any atom is 0.268 e. The SMILES string of the molecule is CC(C)N(C)C(=O)CN1C(=O)[C@H](C)Oc2ccccc21. The van der Waals surface area contributed by atoms with Gasteiger partial charge < -0.3 is 9.64 Å². The van der Waals surface area contributed by atoms with Gasteiger partial charge in [-0.15, -0.1) is 0 Å². The molecule has 0 radical (unpaired) electrons. The predicted molar refractivity (Wildman–Crippen MR) is 76.8 cm³/mol. The number of carbonyl (C=O) groups is 2. The molecule has 0 fully saturated rings. The second-order valence-corrected chi connectivity index (χ2v) is 5.25. The van der Waals surface area contributed by atoms with Crippen molar-refractivity contribution in [2.24, 2.45) is 0 Å². The number of benzene rings is 1. The van der Waals surface area contributed by atoms with E-state index in [0.29, 0.717) is 11.4 Å². The fourth-order valence-corrected chi connectivity index (χ4v) is 2.06. The summed E-state index contributed by atoms with van der Waals surface area (Å²) in [5.74, 6) is 0.367. The van der Waals surface area contributed by atoms with Gasteiger partial charge in [-0.2, -0.15) is 0 Å². The monoisotopic (exact) mass is 276 g/mol. The van der Waals surface area contributed by atoms with Crippen LogP contribution in [0.3, 0.4) is 0 Å². The molecule has 108 valence electrons. The molecule has 0 unspecified atom stereocenters. The predicted octanol–water partition coefficient (Wildman–Crippen LogP) is 1.67.